The molecule has 0 bridgehead atoms. The summed E-state index contributed by atoms with van der Waals surface area (Å²) in [4.78, 5) is 29.2. The molecule has 3 aromatic carbocycles. The molecular formula is C32H37FN2O4. The van der Waals surface area contributed by atoms with Gasteiger partial charge in [0.2, 0.25) is 11.8 Å². The van der Waals surface area contributed by atoms with Gasteiger partial charge in [0, 0.05) is 25.4 Å². The molecule has 1 fully saturated rings. The Labute approximate surface area is 230 Å². The summed E-state index contributed by atoms with van der Waals surface area (Å²) in [5.41, 5.74) is 2.67. The van der Waals surface area contributed by atoms with Crippen molar-refractivity contribution in [2.45, 2.75) is 63.6 Å². The van der Waals surface area contributed by atoms with E-state index in [0.29, 0.717) is 24.3 Å². The lowest BCUT2D eigenvalue weighted by atomic mass is 10.0. The minimum Gasteiger partial charge on any atom is -0.493 e. The van der Waals surface area contributed by atoms with E-state index in [0.717, 1.165) is 42.4 Å². The normalized spacial score (nSPS) is 14.0. The Morgan fingerprint density at radius 1 is 0.897 bits per heavy atom. The summed E-state index contributed by atoms with van der Waals surface area (Å²) < 4.78 is 24.4. The summed E-state index contributed by atoms with van der Waals surface area (Å²) in [6.45, 7) is 0.209. The fraction of sp³-hybridized carbons (Fsp3) is 0.375. The van der Waals surface area contributed by atoms with Gasteiger partial charge >= 0.3 is 0 Å². The predicted molar refractivity (Wildman–Crippen MR) is 149 cm³/mol. The fourth-order valence-corrected chi connectivity index (χ4v) is 5.14. The van der Waals surface area contributed by atoms with Crippen molar-refractivity contribution in [3.63, 3.8) is 0 Å². The Morgan fingerprint density at radius 2 is 1.56 bits per heavy atom. The van der Waals surface area contributed by atoms with Gasteiger partial charge in [0.15, 0.2) is 11.5 Å². The first-order chi connectivity index (χ1) is 19.0. The van der Waals surface area contributed by atoms with Crippen LogP contribution in [0.25, 0.3) is 0 Å². The number of hydrogen-bond acceptors (Lipinski definition) is 4. The molecule has 3 aromatic rings. The van der Waals surface area contributed by atoms with Gasteiger partial charge in [-0.2, -0.15) is 0 Å². The van der Waals surface area contributed by atoms with Gasteiger partial charge in [0.1, 0.15) is 11.9 Å². The topological polar surface area (TPSA) is 67.9 Å². The number of nitrogens with one attached hydrogen (secondary N) is 1. The lowest BCUT2D eigenvalue weighted by molar-refractivity contribution is -0.141. The van der Waals surface area contributed by atoms with Crippen LogP contribution in [-0.2, 0) is 29.0 Å². The van der Waals surface area contributed by atoms with E-state index in [1.54, 1.807) is 31.3 Å². The molecular weight excluding hydrogens is 495 g/mol. The van der Waals surface area contributed by atoms with Gasteiger partial charge in [-0.15, -0.1) is 0 Å². The van der Waals surface area contributed by atoms with Crippen LogP contribution in [0.15, 0.2) is 72.8 Å². The van der Waals surface area contributed by atoms with Gasteiger partial charge < -0.3 is 19.7 Å². The number of halogens is 1. The number of aryl methyl sites for hydroxylation is 1. The lowest BCUT2D eigenvalue weighted by Gasteiger charge is -2.32. The van der Waals surface area contributed by atoms with Crippen molar-refractivity contribution in [2.24, 2.45) is 0 Å². The van der Waals surface area contributed by atoms with Crippen molar-refractivity contribution in [3.05, 3.63) is 95.3 Å². The number of hydrogen-bond donors (Lipinski definition) is 1. The summed E-state index contributed by atoms with van der Waals surface area (Å²) >= 11 is 0. The Morgan fingerprint density at radius 3 is 2.23 bits per heavy atom. The van der Waals surface area contributed by atoms with Crippen molar-refractivity contribution in [1.82, 2.24) is 10.2 Å². The molecule has 1 saturated carbocycles. The highest BCUT2D eigenvalue weighted by Gasteiger charge is 2.32. The summed E-state index contributed by atoms with van der Waals surface area (Å²) in [5.74, 6) is 0.592. The lowest BCUT2D eigenvalue weighted by Crippen LogP contribution is -2.52. The van der Waals surface area contributed by atoms with E-state index in [2.05, 4.69) is 5.32 Å². The molecule has 0 aromatic heterocycles. The minimum absolute atomic E-state index is 0.130. The monoisotopic (exact) mass is 532 g/mol. The molecule has 7 heteroatoms. The number of carbonyl (C=O) groups excluding carboxylic acids is 2. The summed E-state index contributed by atoms with van der Waals surface area (Å²) in [6, 6.07) is 20.9. The summed E-state index contributed by atoms with van der Waals surface area (Å²) in [7, 11) is 3.16. The van der Waals surface area contributed by atoms with E-state index in [1.807, 2.05) is 48.5 Å². The van der Waals surface area contributed by atoms with Crippen LogP contribution in [0.5, 0.6) is 11.5 Å². The second-order valence-electron chi connectivity index (χ2n) is 10.0. The quantitative estimate of drug-likeness (QED) is 0.336. The van der Waals surface area contributed by atoms with Crippen molar-refractivity contribution >= 4 is 11.8 Å². The third kappa shape index (κ3) is 7.82. The highest BCUT2D eigenvalue weighted by molar-refractivity contribution is 5.88. The van der Waals surface area contributed by atoms with Crippen LogP contribution < -0.4 is 14.8 Å². The van der Waals surface area contributed by atoms with Crippen LogP contribution in [0.2, 0.25) is 0 Å². The molecule has 39 heavy (non-hydrogen) atoms. The first kappa shape index (κ1) is 28.1. The fourth-order valence-electron chi connectivity index (χ4n) is 5.14. The molecule has 1 aliphatic carbocycles. The summed E-state index contributed by atoms with van der Waals surface area (Å²) in [6.07, 6.45) is 5.17. The zero-order chi connectivity index (χ0) is 27.6. The van der Waals surface area contributed by atoms with Crippen molar-refractivity contribution in [1.29, 1.82) is 0 Å². The van der Waals surface area contributed by atoms with Gasteiger partial charge in [-0.1, -0.05) is 61.4 Å². The number of carbonyl (C=O) groups is 2. The number of ether oxygens (including phenoxy) is 2. The van der Waals surface area contributed by atoms with E-state index >= 15 is 0 Å². The maximum Gasteiger partial charge on any atom is 0.243 e. The zero-order valence-corrected chi connectivity index (χ0v) is 22.7. The molecule has 0 spiro atoms. The molecule has 1 atom stereocenters. The molecule has 206 valence electrons. The average molecular weight is 533 g/mol. The second-order valence-corrected chi connectivity index (χ2v) is 10.0. The SMILES string of the molecule is COc1ccc(CCC(=O)N(Cc2ccc(F)cc2)[C@@H](Cc2ccccc2)C(=O)NC2CCCC2)cc1OC. The third-order valence-electron chi connectivity index (χ3n) is 7.31. The molecule has 6 nitrogen and oxygen atoms in total. The molecule has 4 rings (SSSR count). The van der Waals surface area contributed by atoms with E-state index < -0.39 is 6.04 Å². The molecule has 1 N–H and O–H groups in total. The first-order valence-corrected chi connectivity index (χ1v) is 13.6. The van der Waals surface area contributed by atoms with E-state index in [4.69, 9.17) is 9.47 Å². The van der Waals surface area contributed by atoms with Gasteiger partial charge in [0.25, 0.3) is 0 Å². The Hall–Kier alpha value is -3.87. The van der Waals surface area contributed by atoms with Crippen molar-refractivity contribution in [3.8, 4) is 11.5 Å². The maximum atomic E-state index is 13.9. The van der Waals surface area contributed by atoms with Gasteiger partial charge in [0.05, 0.1) is 14.2 Å². The molecule has 0 aliphatic heterocycles. The van der Waals surface area contributed by atoms with Crippen LogP contribution in [0.4, 0.5) is 4.39 Å². The van der Waals surface area contributed by atoms with Gasteiger partial charge in [-0.05, 0) is 60.2 Å². The third-order valence-corrected chi connectivity index (χ3v) is 7.31. The highest BCUT2D eigenvalue weighted by Crippen LogP contribution is 2.28. The number of amides is 2. The molecule has 0 heterocycles. The number of rotatable bonds is 12. The van der Waals surface area contributed by atoms with Crippen LogP contribution in [0.1, 0.15) is 48.8 Å². The Balaban J connectivity index is 1.60. The van der Waals surface area contributed by atoms with Crippen LogP contribution in [-0.4, -0.2) is 43.0 Å². The highest BCUT2D eigenvalue weighted by atomic mass is 19.1. The van der Waals surface area contributed by atoms with Gasteiger partial charge in [-0.3, -0.25) is 9.59 Å². The second kappa shape index (κ2) is 13.8. The number of nitrogens with zero attached hydrogens (tertiary/aromatic N) is 1. The van der Waals surface area contributed by atoms with E-state index in [-0.39, 0.29) is 36.6 Å². The number of benzene rings is 3. The predicted octanol–water partition coefficient (Wildman–Crippen LogP) is 5.47. The largest absolute Gasteiger partial charge is 0.493 e. The van der Waals surface area contributed by atoms with Crippen LogP contribution >= 0.6 is 0 Å². The van der Waals surface area contributed by atoms with E-state index in [1.165, 1.54) is 12.1 Å². The molecule has 0 unspecified atom stereocenters. The van der Waals surface area contributed by atoms with Crippen molar-refractivity contribution in [2.75, 3.05) is 14.2 Å². The molecule has 0 radical (unpaired) electrons. The average Bonchev–Trinajstić information content (AvgIpc) is 3.48. The van der Waals surface area contributed by atoms with Crippen LogP contribution in [0.3, 0.4) is 0 Å². The van der Waals surface area contributed by atoms with Crippen molar-refractivity contribution < 1.29 is 23.5 Å². The van der Waals surface area contributed by atoms with Gasteiger partial charge in [-0.25, -0.2) is 4.39 Å². The molecule has 1 aliphatic rings. The molecule has 0 saturated heterocycles. The zero-order valence-electron chi connectivity index (χ0n) is 22.7. The molecule has 2 amide bonds. The minimum atomic E-state index is -0.698. The Kier molecular flexibility index (Phi) is 9.95. The summed E-state index contributed by atoms with van der Waals surface area (Å²) in [5, 5.41) is 3.21. The van der Waals surface area contributed by atoms with E-state index in [9.17, 15) is 14.0 Å². The standard InChI is InChI=1S/C32H37FN2O4/c1-38-29-18-14-24(21-30(29)39-2)15-19-31(36)35(22-25-12-16-26(33)17-13-25)28(20-23-8-4-3-5-9-23)32(37)34-27-10-6-7-11-27/h3-5,8-9,12-14,16-18,21,27-28H,6-7,10-11,15,19-20,22H2,1-2H3,(H,34,37)/t28-/m0/s1. The van der Waals surface area contributed by atoms with Crippen LogP contribution in [0, 0.1) is 5.82 Å². The smallest absolute Gasteiger partial charge is 0.243 e. The first-order valence-electron chi connectivity index (χ1n) is 13.6. The number of methoxy groups -OCH3 is 2. The maximum absolute atomic E-state index is 13.9. The Bertz CT molecular complexity index is 1230.